The second-order valence-corrected chi connectivity index (χ2v) is 6.63. The van der Waals surface area contributed by atoms with Crippen molar-refractivity contribution < 1.29 is 19.0 Å². The Morgan fingerprint density at radius 3 is 2.42 bits per heavy atom. The van der Waals surface area contributed by atoms with Crippen LogP contribution in [-0.4, -0.2) is 38.4 Å². The molecule has 0 saturated carbocycles. The zero-order chi connectivity index (χ0) is 18.2. The van der Waals surface area contributed by atoms with Crippen molar-refractivity contribution >= 4 is 15.2 Å². The number of hydrogen-bond acceptors (Lipinski definition) is 5. The lowest BCUT2D eigenvalue weighted by atomic mass is 10.0. The minimum absolute atomic E-state index is 0.260. The topological polar surface area (TPSA) is 56.8 Å². The van der Waals surface area contributed by atoms with E-state index in [1.807, 2.05) is 42.5 Å². The fourth-order valence-corrected chi connectivity index (χ4v) is 3.05. The van der Waals surface area contributed by atoms with Gasteiger partial charge >= 0.3 is 5.97 Å². The van der Waals surface area contributed by atoms with E-state index in [-0.39, 0.29) is 12.6 Å². The van der Waals surface area contributed by atoms with Crippen molar-refractivity contribution in [3.05, 3.63) is 71.3 Å². The maximum absolute atomic E-state index is 12.2. The lowest BCUT2D eigenvalue weighted by Gasteiger charge is -2.28. The van der Waals surface area contributed by atoms with Crippen LogP contribution in [0.5, 0.6) is 0 Å². The van der Waals surface area contributed by atoms with Gasteiger partial charge < -0.3 is 19.5 Å². The minimum atomic E-state index is -0.785. The van der Waals surface area contributed by atoms with Crippen LogP contribution in [0.25, 0.3) is 0 Å². The van der Waals surface area contributed by atoms with Crippen molar-refractivity contribution in [3.63, 3.8) is 0 Å². The molecular weight excluding hydrogens is 349 g/mol. The number of carbonyl (C=O) groups excluding carboxylic acids is 1. The highest BCUT2D eigenvalue weighted by Gasteiger charge is 2.38. The molecule has 0 radical (unpaired) electrons. The molecule has 26 heavy (non-hydrogen) atoms. The van der Waals surface area contributed by atoms with E-state index in [0.29, 0.717) is 25.3 Å². The highest BCUT2D eigenvalue weighted by molar-refractivity contribution is 7.16. The van der Waals surface area contributed by atoms with Crippen LogP contribution < -0.4 is 5.32 Å². The smallest absolute Gasteiger partial charge is 0.338 e. The quantitative estimate of drug-likeness (QED) is 0.438. The van der Waals surface area contributed by atoms with Crippen LogP contribution in [-0.2, 0) is 26.6 Å². The molecule has 1 atom stereocenters. The Balaban J connectivity index is 1.64. The zero-order valence-electron chi connectivity index (χ0n) is 14.6. The van der Waals surface area contributed by atoms with Gasteiger partial charge in [-0.3, -0.25) is 0 Å². The molecule has 2 aromatic carbocycles. The van der Waals surface area contributed by atoms with E-state index in [1.54, 1.807) is 12.1 Å². The molecule has 1 fully saturated rings. The largest absolute Gasteiger partial charge is 0.457 e. The van der Waals surface area contributed by atoms with Crippen molar-refractivity contribution in [2.75, 3.05) is 32.5 Å². The van der Waals surface area contributed by atoms with Gasteiger partial charge in [0.1, 0.15) is 6.61 Å². The standard InChI is InChI=1S/C20H24NO4P/c22-19(23-14-16-4-2-1-3-5-16)17-6-8-18(9-7-17)20(15-21-10-13-26)24-11-12-25-20/h1-9,21H,10-15,26H2. The molecule has 1 aliphatic rings. The maximum Gasteiger partial charge on any atom is 0.338 e. The van der Waals surface area contributed by atoms with Crippen LogP contribution >= 0.6 is 9.24 Å². The Hall–Kier alpha value is -1.78. The predicted octanol–water partition coefficient (Wildman–Crippen LogP) is 2.71. The van der Waals surface area contributed by atoms with Gasteiger partial charge in [0.2, 0.25) is 5.79 Å². The van der Waals surface area contributed by atoms with Gasteiger partial charge in [0.25, 0.3) is 0 Å². The lowest BCUT2D eigenvalue weighted by Crippen LogP contribution is -2.40. The molecule has 1 unspecified atom stereocenters. The first-order valence-corrected chi connectivity index (χ1v) is 9.55. The van der Waals surface area contributed by atoms with E-state index < -0.39 is 5.79 Å². The Bertz CT molecular complexity index is 700. The highest BCUT2D eigenvalue weighted by atomic mass is 31.0. The third-order valence-corrected chi connectivity index (χ3v) is 4.49. The molecular formula is C20H24NO4P. The summed E-state index contributed by atoms with van der Waals surface area (Å²) in [7, 11) is 2.68. The Labute approximate surface area is 156 Å². The molecule has 1 N–H and O–H groups in total. The molecule has 1 aliphatic heterocycles. The number of rotatable bonds is 8. The first kappa shape index (κ1) is 19.0. The van der Waals surface area contributed by atoms with Crippen molar-refractivity contribution in [3.8, 4) is 0 Å². The fourth-order valence-electron chi connectivity index (χ4n) is 2.85. The van der Waals surface area contributed by atoms with Crippen LogP contribution in [0.1, 0.15) is 21.5 Å². The Morgan fingerprint density at radius 1 is 1.08 bits per heavy atom. The average Bonchev–Trinajstić information content (AvgIpc) is 3.17. The number of carbonyl (C=O) groups is 1. The molecule has 5 nitrogen and oxygen atoms in total. The van der Waals surface area contributed by atoms with Gasteiger partial charge in [-0.05, 0) is 30.4 Å². The average molecular weight is 373 g/mol. The summed E-state index contributed by atoms with van der Waals surface area (Å²) in [6.45, 7) is 2.81. The van der Waals surface area contributed by atoms with Gasteiger partial charge in [-0.2, -0.15) is 0 Å². The van der Waals surface area contributed by atoms with Crippen molar-refractivity contribution in [2.45, 2.75) is 12.4 Å². The summed E-state index contributed by atoms with van der Waals surface area (Å²) in [5, 5.41) is 3.33. The molecule has 1 heterocycles. The second-order valence-electron chi connectivity index (χ2n) is 6.05. The molecule has 1 saturated heterocycles. The van der Waals surface area contributed by atoms with Crippen molar-refractivity contribution in [2.24, 2.45) is 0 Å². The third-order valence-electron chi connectivity index (χ3n) is 4.21. The molecule has 138 valence electrons. The number of ether oxygens (including phenoxy) is 3. The minimum Gasteiger partial charge on any atom is -0.457 e. The summed E-state index contributed by atoms with van der Waals surface area (Å²) in [5.74, 6) is -1.13. The molecule has 0 spiro atoms. The van der Waals surface area contributed by atoms with Crippen LogP contribution in [0.3, 0.4) is 0 Å². The van der Waals surface area contributed by atoms with Crippen LogP contribution in [0, 0.1) is 0 Å². The van der Waals surface area contributed by atoms with E-state index >= 15 is 0 Å². The molecule has 0 bridgehead atoms. The van der Waals surface area contributed by atoms with E-state index in [4.69, 9.17) is 14.2 Å². The number of hydrogen-bond donors (Lipinski definition) is 1. The zero-order valence-corrected chi connectivity index (χ0v) is 15.8. The summed E-state index contributed by atoms with van der Waals surface area (Å²) >= 11 is 0. The van der Waals surface area contributed by atoms with Gasteiger partial charge in [-0.15, -0.1) is 9.24 Å². The summed E-state index contributed by atoms with van der Waals surface area (Å²) < 4.78 is 17.1. The first-order valence-electron chi connectivity index (χ1n) is 8.74. The van der Waals surface area contributed by atoms with E-state index in [0.717, 1.165) is 23.8 Å². The number of esters is 1. The lowest BCUT2D eigenvalue weighted by molar-refractivity contribution is -0.161. The van der Waals surface area contributed by atoms with Crippen molar-refractivity contribution in [1.29, 1.82) is 0 Å². The highest BCUT2D eigenvalue weighted by Crippen LogP contribution is 2.31. The normalized spacial score (nSPS) is 15.7. The number of nitrogens with one attached hydrogen (secondary N) is 1. The van der Waals surface area contributed by atoms with Gasteiger partial charge in [-0.1, -0.05) is 42.5 Å². The summed E-state index contributed by atoms with van der Waals surface area (Å²) in [6.07, 6.45) is 0.961. The molecule has 0 aromatic heterocycles. The molecule has 3 rings (SSSR count). The van der Waals surface area contributed by atoms with Gasteiger partial charge in [0, 0.05) is 5.56 Å². The summed E-state index contributed by atoms with van der Waals surface area (Å²) in [5.41, 5.74) is 2.37. The fraction of sp³-hybridized carbons (Fsp3) is 0.350. The van der Waals surface area contributed by atoms with E-state index in [9.17, 15) is 4.79 Å². The molecule has 0 aliphatic carbocycles. The second kappa shape index (κ2) is 9.24. The SMILES string of the molecule is O=C(OCc1ccccc1)c1ccc(C2(CNCCP)OCCO2)cc1. The van der Waals surface area contributed by atoms with Crippen LogP contribution in [0.15, 0.2) is 54.6 Å². The van der Waals surface area contributed by atoms with Crippen LogP contribution in [0.2, 0.25) is 0 Å². The Kier molecular flexibility index (Phi) is 6.75. The van der Waals surface area contributed by atoms with E-state index in [2.05, 4.69) is 14.6 Å². The molecule has 6 heteroatoms. The summed E-state index contributed by atoms with van der Waals surface area (Å²) in [6, 6.07) is 16.9. The molecule has 2 aromatic rings. The van der Waals surface area contributed by atoms with Gasteiger partial charge in [0.05, 0.1) is 25.3 Å². The number of benzene rings is 2. The maximum atomic E-state index is 12.2. The van der Waals surface area contributed by atoms with Crippen molar-refractivity contribution in [1.82, 2.24) is 5.32 Å². The predicted molar refractivity (Wildman–Crippen MR) is 103 cm³/mol. The monoisotopic (exact) mass is 373 g/mol. The Morgan fingerprint density at radius 2 is 1.77 bits per heavy atom. The van der Waals surface area contributed by atoms with E-state index in [1.165, 1.54) is 0 Å². The van der Waals surface area contributed by atoms with Gasteiger partial charge in [-0.25, -0.2) is 4.79 Å². The molecule has 0 amide bonds. The first-order chi connectivity index (χ1) is 12.7. The summed E-state index contributed by atoms with van der Waals surface area (Å²) in [4.78, 5) is 12.2. The van der Waals surface area contributed by atoms with Gasteiger partial charge in [0.15, 0.2) is 0 Å². The van der Waals surface area contributed by atoms with Crippen LogP contribution in [0.4, 0.5) is 0 Å². The third kappa shape index (κ3) is 4.68.